The second kappa shape index (κ2) is 6.87. The van der Waals surface area contributed by atoms with Gasteiger partial charge < -0.3 is 15.0 Å². The minimum atomic E-state index is -0.663. The van der Waals surface area contributed by atoms with E-state index in [0.29, 0.717) is 17.2 Å². The molecular weight excluding hydrogens is 332 g/mol. The molecule has 0 aliphatic carbocycles. The molecule has 0 spiro atoms. The van der Waals surface area contributed by atoms with E-state index in [1.165, 1.54) is 4.90 Å². The van der Waals surface area contributed by atoms with Crippen LogP contribution in [0.5, 0.6) is 11.5 Å². The zero-order valence-corrected chi connectivity index (χ0v) is 14.8. The normalized spacial score (nSPS) is 11.2. The maximum atomic E-state index is 12.0. The minimum Gasteiger partial charge on any atom is -0.457 e. The van der Waals surface area contributed by atoms with Crippen LogP contribution < -0.4 is 15.4 Å². The van der Waals surface area contributed by atoms with Gasteiger partial charge in [-0.2, -0.15) is 0 Å². The molecule has 7 heteroatoms. The fourth-order valence-corrected chi connectivity index (χ4v) is 2.29. The van der Waals surface area contributed by atoms with Crippen molar-refractivity contribution in [3.8, 4) is 11.5 Å². The third-order valence-corrected chi connectivity index (χ3v) is 3.69. The van der Waals surface area contributed by atoms with Crippen LogP contribution in [-0.4, -0.2) is 16.2 Å². The van der Waals surface area contributed by atoms with Crippen molar-refractivity contribution in [1.82, 2.24) is 10.1 Å². The number of benzene rings is 1. The zero-order chi connectivity index (χ0) is 18.7. The number of aromatic nitrogens is 2. The summed E-state index contributed by atoms with van der Waals surface area (Å²) in [6.07, 6.45) is 3.30. The number of urea groups is 1. The molecule has 3 aromatic rings. The van der Waals surface area contributed by atoms with E-state index in [9.17, 15) is 4.79 Å². The summed E-state index contributed by atoms with van der Waals surface area (Å²) in [7, 11) is 0. The van der Waals surface area contributed by atoms with E-state index < -0.39 is 6.03 Å². The summed E-state index contributed by atoms with van der Waals surface area (Å²) in [5, 5.41) is 4.03. The number of pyridine rings is 1. The molecule has 0 fully saturated rings. The number of ether oxygens (including phenoxy) is 1. The van der Waals surface area contributed by atoms with Gasteiger partial charge in [0, 0.05) is 23.9 Å². The summed E-state index contributed by atoms with van der Waals surface area (Å²) in [5.74, 6) is 1.56. The molecule has 2 heterocycles. The number of hydrogen-bond donors (Lipinski definition) is 1. The van der Waals surface area contributed by atoms with Crippen LogP contribution in [0.4, 0.5) is 16.4 Å². The van der Waals surface area contributed by atoms with Crippen LogP contribution >= 0.6 is 0 Å². The van der Waals surface area contributed by atoms with Crippen molar-refractivity contribution in [2.24, 2.45) is 5.73 Å². The second-order valence-corrected chi connectivity index (χ2v) is 6.75. The molecule has 7 nitrogen and oxygen atoms in total. The van der Waals surface area contributed by atoms with Gasteiger partial charge in [-0.25, -0.2) is 9.69 Å². The standard InChI is InChI=1S/C19H20N4O3/c1-19(2,3)16-12-17(26-22-16)23(18(20)24)13-4-6-14(7-5-13)25-15-8-10-21-11-9-15/h4-12H,1-3H3,(H2,20,24). The van der Waals surface area contributed by atoms with Crippen LogP contribution in [0.1, 0.15) is 26.5 Å². The quantitative estimate of drug-likeness (QED) is 0.752. The summed E-state index contributed by atoms with van der Waals surface area (Å²) < 4.78 is 11.0. The Morgan fingerprint density at radius 3 is 2.23 bits per heavy atom. The average molecular weight is 352 g/mol. The van der Waals surface area contributed by atoms with Gasteiger partial charge in [0.25, 0.3) is 0 Å². The molecule has 1 aromatic carbocycles. The molecule has 2 N–H and O–H groups in total. The summed E-state index contributed by atoms with van der Waals surface area (Å²) >= 11 is 0. The van der Waals surface area contributed by atoms with Gasteiger partial charge in [-0.05, 0) is 36.4 Å². The number of nitrogens with zero attached hydrogens (tertiary/aromatic N) is 3. The van der Waals surface area contributed by atoms with Gasteiger partial charge >= 0.3 is 6.03 Å². The maximum absolute atomic E-state index is 12.0. The summed E-state index contributed by atoms with van der Waals surface area (Å²) in [6.45, 7) is 6.03. The van der Waals surface area contributed by atoms with Crippen LogP contribution in [0.2, 0.25) is 0 Å². The highest BCUT2D eigenvalue weighted by molar-refractivity contribution is 5.97. The Hall–Kier alpha value is -3.35. The number of nitrogens with two attached hydrogens (primary N) is 1. The van der Waals surface area contributed by atoms with Gasteiger partial charge in [-0.3, -0.25) is 4.98 Å². The van der Waals surface area contributed by atoms with Gasteiger partial charge in [-0.1, -0.05) is 25.9 Å². The van der Waals surface area contributed by atoms with Gasteiger partial charge in [0.2, 0.25) is 5.88 Å². The second-order valence-electron chi connectivity index (χ2n) is 6.75. The van der Waals surface area contributed by atoms with Crippen molar-refractivity contribution >= 4 is 17.6 Å². The number of carbonyl (C=O) groups excluding carboxylic acids is 1. The molecule has 26 heavy (non-hydrogen) atoms. The highest BCUT2D eigenvalue weighted by Gasteiger charge is 2.24. The topological polar surface area (TPSA) is 94.5 Å². The molecule has 0 atom stereocenters. The molecule has 134 valence electrons. The first kappa shape index (κ1) is 17.5. The number of carbonyl (C=O) groups is 1. The van der Waals surface area contributed by atoms with Gasteiger partial charge in [0.15, 0.2) is 0 Å². The Labute approximate surface area is 151 Å². The molecule has 0 unspecified atom stereocenters. The van der Waals surface area contributed by atoms with E-state index in [1.54, 1.807) is 54.9 Å². The molecule has 0 saturated carbocycles. The third-order valence-electron chi connectivity index (χ3n) is 3.69. The SMILES string of the molecule is CC(C)(C)c1cc(N(C(N)=O)c2ccc(Oc3ccncc3)cc2)on1. The predicted molar refractivity (Wildman–Crippen MR) is 97.7 cm³/mol. The maximum Gasteiger partial charge on any atom is 0.326 e. The van der Waals surface area contributed by atoms with Crippen molar-refractivity contribution in [1.29, 1.82) is 0 Å². The fourth-order valence-electron chi connectivity index (χ4n) is 2.29. The van der Waals surface area contributed by atoms with Crippen molar-refractivity contribution in [3.63, 3.8) is 0 Å². The number of hydrogen-bond acceptors (Lipinski definition) is 5. The lowest BCUT2D eigenvalue weighted by Crippen LogP contribution is -2.31. The molecule has 0 radical (unpaired) electrons. The smallest absolute Gasteiger partial charge is 0.326 e. The van der Waals surface area contributed by atoms with Crippen LogP contribution in [0.15, 0.2) is 59.4 Å². The monoisotopic (exact) mass is 352 g/mol. The average Bonchev–Trinajstić information content (AvgIpc) is 3.07. The third kappa shape index (κ3) is 3.83. The molecule has 0 aliphatic heterocycles. The first-order valence-electron chi connectivity index (χ1n) is 8.09. The highest BCUT2D eigenvalue weighted by atomic mass is 16.5. The number of anilines is 2. The Morgan fingerprint density at radius 1 is 1.08 bits per heavy atom. The van der Waals surface area contributed by atoms with Crippen molar-refractivity contribution in [3.05, 3.63) is 60.6 Å². The number of primary amides is 1. The Balaban J connectivity index is 1.85. The van der Waals surface area contributed by atoms with Crippen molar-refractivity contribution in [2.75, 3.05) is 4.90 Å². The largest absolute Gasteiger partial charge is 0.457 e. The highest BCUT2D eigenvalue weighted by Crippen LogP contribution is 2.31. The fraction of sp³-hybridized carbons (Fsp3) is 0.211. The van der Waals surface area contributed by atoms with Crippen LogP contribution in [0.25, 0.3) is 0 Å². The summed E-state index contributed by atoms with van der Waals surface area (Å²) in [5.41, 5.74) is 6.63. The Morgan fingerprint density at radius 2 is 1.69 bits per heavy atom. The van der Waals surface area contributed by atoms with Gasteiger partial charge in [-0.15, -0.1) is 0 Å². The molecular formula is C19H20N4O3. The van der Waals surface area contributed by atoms with Crippen LogP contribution in [0, 0.1) is 0 Å². The summed E-state index contributed by atoms with van der Waals surface area (Å²) in [4.78, 5) is 17.2. The van der Waals surface area contributed by atoms with Gasteiger partial charge in [0.05, 0.1) is 11.4 Å². The van der Waals surface area contributed by atoms with Gasteiger partial charge in [0.1, 0.15) is 11.5 Å². The van der Waals surface area contributed by atoms with E-state index >= 15 is 0 Å². The van der Waals surface area contributed by atoms with E-state index in [4.69, 9.17) is 15.0 Å². The summed E-state index contributed by atoms with van der Waals surface area (Å²) in [6, 6.07) is 11.5. The van der Waals surface area contributed by atoms with E-state index in [1.807, 2.05) is 20.8 Å². The molecule has 2 aromatic heterocycles. The zero-order valence-electron chi connectivity index (χ0n) is 14.8. The molecule has 0 bridgehead atoms. The lowest BCUT2D eigenvalue weighted by molar-refractivity contribution is 0.254. The van der Waals surface area contributed by atoms with E-state index in [2.05, 4.69) is 10.1 Å². The lowest BCUT2D eigenvalue weighted by Gasteiger charge is -2.17. The molecule has 0 aliphatic rings. The van der Waals surface area contributed by atoms with E-state index in [0.717, 1.165) is 5.69 Å². The molecule has 0 saturated heterocycles. The lowest BCUT2D eigenvalue weighted by atomic mass is 9.92. The Kier molecular flexibility index (Phi) is 4.62. The van der Waals surface area contributed by atoms with Crippen molar-refractivity contribution < 1.29 is 14.1 Å². The van der Waals surface area contributed by atoms with Crippen molar-refractivity contribution in [2.45, 2.75) is 26.2 Å². The first-order chi connectivity index (χ1) is 12.3. The number of amides is 2. The molecule has 3 rings (SSSR count). The first-order valence-corrected chi connectivity index (χ1v) is 8.09. The van der Waals surface area contributed by atoms with E-state index in [-0.39, 0.29) is 11.3 Å². The number of rotatable bonds is 4. The Bertz CT molecular complexity index is 883. The minimum absolute atomic E-state index is 0.201. The molecule has 2 amide bonds. The predicted octanol–water partition coefficient (Wildman–Crippen LogP) is 4.38. The van der Waals surface area contributed by atoms with Crippen LogP contribution in [0.3, 0.4) is 0 Å². The van der Waals surface area contributed by atoms with Crippen LogP contribution in [-0.2, 0) is 5.41 Å².